The number of ether oxygens (including phenoxy) is 1. The zero-order valence-electron chi connectivity index (χ0n) is 11.7. The molecule has 1 heterocycles. The van der Waals surface area contributed by atoms with Gasteiger partial charge in [-0.2, -0.15) is 0 Å². The molecule has 3 rings (SSSR count). The quantitative estimate of drug-likeness (QED) is 0.807. The molecule has 2 N–H and O–H groups in total. The number of fused-ring (bicyclic) bond motifs is 1. The average Bonchev–Trinajstić information content (AvgIpc) is 2.75. The topological polar surface area (TPSA) is 41.5 Å². The third kappa shape index (κ3) is 2.10. The van der Waals surface area contributed by atoms with E-state index in [-0.39, 0.29) is 11.5 Å². The maximum absolute atomic E-state index is 9.72. The normalized spacial score (nSPS) is 46.5. The number of aliphatic hydroxyl groups is 1. The number of hydrogen-bond donors (Lipinski definition) is 2. The molecule has 3 aliphatic rings. The number of aliphatic hydroxyl groups excluding tert-OH is 1. The van der Waals surface area contributed by atoms with Crippen molar-refractivity contribution in [2.45, 2.75) is 64.2 Å². The van der Waals surface area contributed by atoms with Gasteiger partial charge in [-0.25, -0.2) is 0 Å². The van der Waals surface area contributed by atoms with Gasteiger partial charge < -0.3 is 15.2 Å². The Morgan fingerprint density at radius 2 is 2.11 bits per heavy atom. The van der Waals surface area contributed by atoms with Gasteiger partial charge >= 0.3 is 0 Å². The van der Waals surface area contributed by atoms with Crippen molar-refractivity contribution in [3.05, 3.63) is 0 Å². The molecule has 3 nitrogen and oxygen atoms in total. The molecule has 0 aromatic heterocycles. The highest BCUT2D eigenvalue weighted by atomic mass is 16.5. The van der Waals surface area contributed by atoms with Crippen LogP contribution in [0.1, 0.15) is 46.0 Å². The van der Waals surface area contributed by atoms with Gasteiger partial charge in [0.15, 0.2) is 0 Å². The van der Waals surface area contributed by atoms with Crippen molar-refractivity contribution in [1.82, 2.24) is 5.32 Å². The molecule has 1 aliphatic heterocycles. The second-order valence-electron chi connectivity index (χ2n) is 7.14. The monoisotopic (exact) mass is 253 g/mol. The number of hydrogen-bond acceptors (Lipinski definition) is 3. The molecule has 0 amide bonds. The van der Waals surface area contributed by atoms with Crippen molar-refractivity contribution in [1.29, 1.82) is 0 Å². The van der Waals surface area contributed by atoms with E-state index in [1.54, 1.807) is 0 Å². The van der Waals surface area contributed by atoms with Crippen molar-refractivity contribution in [3.8, 4) is 0 Å². The predicted octanol–water partition coefficient (Wildman–Crippen LogP) is 1.94. The molecule has 3 fully saturated rings. The van der Waals surface area contributed by atoms with Crippen LogP contribution in [0.25, 0.3) is 0 Å². The molecular weight excluding hydrogens is 226 g/mol. The molecule has 104 valence electrons. The van der Waals surface area contributed by atoms with Gasteiger partial charge in [0.25, 0.3) is 0 Å². The van der Waals surface area contributed by atoms with E-state index < -0.39 is 0 Å². The fraction of sp³-hybridized carbons (Fsp3) is 1.00. The molecule has 0 aromatic rings. The minimum Gasteiger partial charge on any atom is -0.393 e. The molecule has 2 saturated carbocycles. The van der Waals surface area contributed by atoms with Gasteiger partial charge in [-0.15, -0.1) is 0 Å². The summed E-state index contributed by atoms with van der Waals surface area (Å²) in [4.78, 5) is 0. The van der Waals surface area contributed by atoms with Crippen molar-refractivity contribution >= 4 is 0 Å². The van der Waals surface area contributed by atoms with Crippen LogP contribution in [0, 0.1) is 17.3 Å². The highest BCUT2D eigenvalue weighted by Crippen LogP contribution is 2.52. The van der Waals surface area contributed by atoms with Crippen LogP contribution in [0.3, 0.4) is 0 Å². The van der Waals surface area contributed by atoms with Crippen LogP contribution in [0.5, 0.6) is 0 Å². The molecule has 0 aromatic carbocycles. The van der Waals surface area contributed by atoms with E-state index in [1.165, 1.54) is 19.3 Å². The summed E-state index contributed by atoms with van der Waals surface area (Å²) in [5.74, 6) is 1.40. The molecule has 2 aliphatic carbocycles. The van der Waals surface area contributed by atoms with Gasteiger partial charge in [0.05, 0.1) is 12.2 Å². The molecule has 0 spiro atoms. The van der Waals surface area contributed by atoms with Crippen LogP contribution in [0.15, 0.2) is 0 Å². The van der Waals surface area contributed by atoms with Gasteiger partial charge in [-0.05, 0) is 38.1 Å². The molecule has 0 radical (unpaired) electrons. The highest BCUT2D eigenvalue weighted by Gasteiger charge is 2.58. The van der Waals surface area contributed by atoms with Crippen LogP contribution in [-0.2, 0) is 4.74 Å². The summed E-state index contributed by atoms with van der Waals surface area (Å²) >= 11 is 0. The Kier molecular flexibility index (Phi) is 3.41. The molecule has 5 atom stereocenters. The lowest BCUT2D eigenvalue weighted by atomic mass is 9.57. The van der Waals surface area contributed by atoms with Crippen LogP contribution >= 0.6 is 0 Å². The van der Waals surface area contributed by atoms with Crippen LogP contribution in [-0.4, -0.2) is 36.5 Å². The molecule has 1 saturated heterocycles. The zero-order chi connectivity index (χ0) is 12.8. The Labute approximate surface area is 110 Å². The van der Waals surface area contributed by atoms with Gasteiger partial charge in [0.2, 0.25) is 0 Å². The maximum atomic E-state index is 9.72. The van der Waals surface area contributed by atoms with E-state index in [2.05, 4.69) is 19.2 Å². The van der Waals surface area contributed by atoms with Crippen LogP contribution < -0.4 is 5.32 Å². The van der Waals surface area contributed by atoms with Gasteiger partial charge in [-0.1, -0.05) is 20.3 Å². The van der Waals surface area contributed by atoms with Crippen molar-refractivity contribution in [3.63, 3.8) is 0 Å². The second-order valence-corrected chi connectivity index (χ2v) is 7.14. The minimum atomic E-state index is -0.0532. The van der Waals surface area contributed by atoms with Gasteiger partial charge in [-0.3, -0.25) is 0 Å². The summed E-state index contributed by atoms with van der Waals surface area (Å²) in [6.45, 7) is 6.67. The van der Waals surface area contributed by atoms with E-state index in [9.17, 15) is 5.11 Å². The number of nitrogens with one attached hydrogen (secondary N) is 1. The first-order valence-corrected chi connectivity index (χ1v) is 7.62. The summed E-state index contributed by atoms with van der Waals surface area (Å²) in [5, 5.41) is 13.5. The van der Waals surface area contributed by atoms with E-state index in [4.69, 9.17) is 4.74 Å². The lowest BCUT2D eigenvalue weighted by molar-refractivity contribution is -0.113. The Morgan fingerprint density at radius 3 is 2.89 bits per heavy atom. The first kappa shape index (κ1) is 12.9. The van der Waals surface area contributed by atoms with Gasteiger partial charge in [0.1, 0.15) is 0 Å². The zero-order valence-corrected chi connectivity index (χ0v) is 11.7. The summed E-state index contributed by atoms with van der Waals surface area (Å²) in [6.07, 6.45) is 6.11. The standard InChI is InChI=1S/C15H27NO2/c1-15(2)13(12-6-7-18-14(12)15)16-9-10-4-3-5-11(17)8-10/h10-14,16-17H,3-9H2,1-2H3. The van der Waals surface area contributed by atoms with E-state index in [1.807, 2.05) is 0 Å². The number of rotatable bonds is 3. The smallest absolute Gasteiger partial charge is 0.0685 e. The lowest BCUT2D eigenvalue weighted by Crippen LogP contribution is -2.66. The summed E-state index contributed by atoms with van der Waals surface area (Å²) in [6, 6.07) is 0.615. The second kappa shape index (κ2) is 4.77. The first-order chi connectivity index (χ1) is 8.59. The average molecular weight is 253 g/mol. The van der Waals surface area contributed by atoms with Crippen molar-refractivity contribution in [2.24, 2.45) is 17.3 Å². The largest absolute Gasteiger partial charge is 0.393 e. The van der Waals surface area contributed by atoms with E-state index >= 15 is 0 Å². The minimum absolute atomic E-state index is 0.0532. The first-order valence-electron chi connectivity index (χ1n) is 7.62. The summed E-state index contributed by atoms with van der Waals surface area (Å²) < 4.78 is 5.83. The van der Waals surface area contributed by atoms with Crippen LogP contribution in [0.2, 0.25) is 0 Å². The molecular formula is C15H27NO2. The maximum Gasteiger partial charge on any atom is 0.0685 e. The van der Waals surface area contributed by atoms with Crippen molar-refractivity contribution in [2.75, 3.05) is 13.2 Å². The third-order valence-electron chi connectivity index (χ3n) is 5.48. The van der Waals surface area contributed by atoms with Crippen molar-refractivity contribution < 1.29 is 9.84 Å². The lowest BCUT2D eigenvalue weighted by Gasteiger charge is -2.55. The predicted molar refractivity (Wildman–Crippen MR) is 71.4 cm³/mol. The van der Waals surface area contributed by atoms with Gasteiger partial charge in [0, 0.05) is 24.0 Å². The summed E-state index contributed by atoms with van der Waals surface area (Å²) in [7, 11) is 0. The fourth-order valence-electron chi connectivity index (χ4n) is 4.48. The SMILES string of the molecule is CC1(C)C(NCC2CCCC(O)C2)C2CCOC21. The summed E-state index contributed by atoms with van der Waals surface area (Å²) in [5.41, 5.74) is 0.286. The molecule has 0 bridgehead atoms. The molecule has 5 unspecified atom stereocenters. The Balaban J connectivity index is 1.51. The fourth-order valence-corrected chi connectivity index (χ4v) is 4.48. The third-order valence-corrected chi connectivity index (χ3v) is 5.48. The Hall–Kier alpha value is -0.120. The Bertz CT molecular complexity index is 305. The van der Waals surface area contributed by atoms with E-state index in [0.717, 1.165) is 31.9 Å². The van der Waals surface area contributed by atoms with Crippen LogP contribution in [0.4, 0.5) is 0 Å². The van der Waals surface area contributed by atoms with E-state index in [0.29, 0.717) is 18.1 Å². The Morgan fingerprint density at radius 1 is 1.28 bits per heavy atom. The highest BCUT2D eigenvalue weighted by molar-refractivity contribution is 5.11. The molecule has 18 heavy (non-hydrogen) atoms. The molecule has 3 heteroatoms.